The summed E-state index contributed by atoms with van der Waals surface area (Å²) in [5, 5.41) is 17.1. The second-order valence-electron chi connectivity index (χ2n) is 4.36. The molecular weight excluding hydrogens is 234 g/mol. The molecular formula is C12H13N3O3. The van der Waals surface area contributed by atoms with Gasteiger partial charge in [0, 0.05) is 12.8 Å². The average molecular weight is 247 g/mol. The summed E-state index contributed by atoms with van der Waals surface area (Å²) in [5.74, 6) is -0.270. The summed E-state index contributed by atoms with van der Waals surface area (Å²) in [6.07, 6.45) is 4.52. The Morgan fingerprint density at radius 2 is 2.28 bits per heavy atom. The van der Waals surface area contributed by atoms with Crippen molar-refractivity contribution < 1.29 is 14.6 Å². The average Bonchev–Trinajstić information content (AvgIpc) is 2.82. The Morgan fingerprint density at radius 3 is 3.00 bits per heavy atom. The van der Waals surface area contributed by atoms with Gasteiger partial charge in [0.15, 0.2) is 11.5 Å². The standard InChI is InChI=1S/C12H13N3O3/c16-12(17)8-4-5-10-13-14-11(15(10)7-8)9-3-1-2-6-18-9/h4-5,7,9H,1-3,6H2,(H,16,17). The quantitative estimate of drug-likeness (QED) is 0.873. The number of carboxylic acids is 1. The van der Waals surface area contributed by atoms with E-state index >= 15 is 0 Å². The summed E-state index contributed by atoms with van der Waals surface area (Å²) in [6.45, 7) is 0.720. The van der Waals surface area contributed by atoms with Gasteiger partial charge in [0.2, 0.25) is 0 Å². The fourth-order valence-electron chi connectivity index (χ4n) is 2.20. The van der Waals surface area contributed by atoms with Crippen LogP contribution >= 0.6 is 0 Å². The molecule has 0 spiro atoms. The van der Waals surface area contributed by atoms with Crippen LogP contribution in [-0.2, 0) is 4.74 Å². The van der Waals surface area contributed by atoms with Crippen molar-refractivity contribution in [1.82, 2.24) is 14.6 Å². The van der Waals surface area contributed by atoms with Crippen LogP contribution < -0.4 is 0 Å². The molecule has 3 rings (SSSR count). The fourth-order valence-corrected chi connectivity index (χ4v) is 2.20. The third kappa shape index (κ3) is 1.84. The molecule has 94 valence electrons. The van der Waals surface area contributed by atoms with Gasteiger partial charge in [-0.15, -0.1) is 10.2 Å². The molecule has 1 aliphatic rings. The zero-order valence-corrected chi connectivity index (χ0v) is 9.74. The second kappa shape index (κ2) is 4.38. The Morgan fingerprint density at radius 1 is 1.39 bits per heavy atom. The van der Waals surface area contributed by atoms with Gasteiger partial charge in [-0.25, -0.2) is 4.79 Å². The Hall–Kier alpha value is -1.95. The maximum Gasteiger partial charge on any atom is 0.337 e. The van der Waals surface area contributed by atoms with E-state index in [2.05, 4.69) is 10.2 Å². The molecule has 0 saturated carbocycles. The van der Waals surface area contributed by atoms with E-state index in [0.29, 0.717) is 11.5 Å². The van der Waals surface area contributed by atoms with Crippen LogP contribution in [0.1, 0.15) is 41.5 Å². The van der Waals surface area contributed by atoms with Crippen molar-refractivity contribution in [3.05, 3.63) is 29.7 Å². The van der Waals surface area contributed by atoms with Gasteiger partial charge in [-0.2, -0.15) is 0 Å². The largest absolute Gasteiger partial charge is 0.478 e. The minimum atomic E-state index is -0.957. The molecule has 1 saturated heterocycles. The summed E-state index contributed by atoms with van der Waals surface area (Å²) >= 11 is 0. The first-order valence-electron chi connectivity index (χ1n) is 5.95. The van der Waals surface area contributed by atoms with E-state index in [-0.39, 0.29) is 11.7 Å². The minimum absolute atomic E-state index is 0.0854. The number of aromatic carboxylic acids is 1. The lowest BCUT2D eigenvalue weighted by Crippen LogP contribution is -2.14. The monoisotopic (exact) mass is 247 g/mol. The Balaban J connectivity index is 2.05. The molecule has 1 fully saturated rings. The maximum atomic E-state index is 11.0. The lowest BCUT2D eigenvalue weighted by molar-refractivity contribution is 0.00883. The third-order valence-electron chi connectivity index (χ3n) is 3.14. The highest BCUT2D eigenvalue weighted by atomic mass is 16.5. The van der Waals surface area contributed by atoms with Crippen LogP contribution in [0.15, 0.2) is 18.3 Å². The zero-order valence-electron chi connectivity index (χ0n) is 9.74. The molecule has 3 heterocycles. The molecule has 1 unspecified atom stereocenters. The first kappa shape index (κ1) is 11.2. The number of hydrogen-bond donors (Lipinski definition) is 1. The molecule has 1 N–H and O–H groups in total. The third-order valence-corrected chi connectivity index (χ3v) is 3.14. The SMILES string of the molecule is O=C(O)c1ccc2nnc(C3CCCCO3)n2c1. The van der Waals surface area contributed by atoms with E-state index in [0.717, 1.165) is 25.9 Å². The van der Waals surface area contributed by atoms with Gasteiger partial charge < -0.3 is 9.84 Å². The van der Waals surface area contributed by atoms with Crippen LogP contribution in [0.3, 0.4) is 0 Å². The van der Waals surface area contributed by atoms with E-state index in [1.807, 2.05) is 0 Å². The van der Waals surface area contributed by atoms with Gasteiger partial charge in [-0.3, -0.25) is 4.40 Å². The molecule has 2 aromatic heterocycles. The van der Waals surface area contributed by atoms with Crippen LogP contribution in [0.2, 0.25) is 0 Å². The number of hydrogen-bond acceptors (Lipinski definition) is 4. The number of aromatic nitrogens is 3. The molecule has 2 aromatic rings. The predicted octanol–water partition coefficient (Wildman–Crippen LogP) is 1.67. The van der Waals surface area contributed by atoms with E-state index in [1.165, 1.54) is 6.07 Å². The summed E-state index contributed by atoms with van der Waals surface area (Å²) in [7, 11) is 0. The van der Waals surface area contributed by atoms with E-state index in [9.17, 15) is 4.79 Å². The molecule has 1 aliphatic heterocycles. The van der Waals surface area contributed by atoms with Crippen molar-refractivity contribution in [2.24, 2.45) is 0 Å². The molecule has 0 bridgehead atoms. The minimum Gasteiger partial charge on any atom is -0.478 e. The maximum absolute atomic E-state index is 11.0. The van der Waals surface area contributed by atoms with Gasteiger partial charge in [-0.05, 0) is 31.4 Å². The number of carbonyl (C=O) groups is 1. The first-order chi connectivity index (χ1) is 8.75. The van der Waals surface area contributed by atoms with Gasteiger partial charge in [0.05, 0.1) is 5.56 Å². The Kier molecular flexibility index (Phi) is 2.71. The van der Waals surface area contributed by atoms with Crippen molar-refractivity contribution in [2.45, 2.75) is 25.4 Å². The van der Waals surface area contributed by atoms with Crippen molar-refractivity contribution in [1.29, 1.82) is 0 Å². The second-order valence-corrected chi connectivity index (χ2v) is 4.36. The number of carboxylic acid groups (broad SMARTS) is 1. The van der Waals surface area contributed by atoms with E-state index < -0.39 is 5.97 Å². The number of rotatable bonds is 2. The van der Waals surface area contributed by atoms with Crippen molar-refractivity contribution in [3.8, 4) is 0 Å². The zero-order chi connectivity index (χ0) is 12.5. The van der Waals surface area contributed by atoms with Crippen LogP contribution in [-0.4, -0.2) is 32.3 Å². The molecule has 6 nitrogen and oxygen atoms in total. The molecule has 18 heavy (non-hydrogen) atoms. The summed E-state index contributed by atoms with van der Waals surface area (Å²) in [5.41, 5.74) is 0.864. The highest BCUT2D eigenvalue weighted by molar-refractivity contribution is 5.87. The smallest absolute Gasteiger partial charge is 0.337 e. The molecule has 0 aliphatic carbocycles. The number of nitrogens with zero attached hydrogens (tertiary/aromatic N) is 3. The van der Waals surface area contributed by atoms with E-state index in [4.69, 9.17) is 9.84 Å². The van der Waals surface area contributed by atoms with Crippen LogP contribution in [0.25, 0.3) is 5.65 Å². The lowest BCUT2D eigenvalue weighted by atomic mass is 10.1. The lowest BCUT2D eigenvalue weighted by Gasteiger charge is -2.20. The van der Waals surface area contributed by atoms with Gasteiger partial charge in [0.1, 0.15) is 6.10 Å². The highest BCUT2D eigenvalue weighted by Gasteiger charge is 2.21. The molecule has 0 aromatic carbocycles. The fraction of sp³-hybridized carbons (Fsp3) is 0.417. The van der Waals surface area contributed by atoms with Crippen LogP contribution in [0.4, 0.5) is 0 Å². The highest BCUT2D eigenvalue weighted by Crippen LogP contribution is 2.26. The van der Waals surface area contributed by atoms with Gasteiger partial charge >= 0.3 is 5.97 Å². The summed E-state index contributed by atoms with van der Waals surface area (Å²) < 4.78 is 7.37. The molecule has 0 radical (unpaired) electrons. The number of pyridine rings is 1. The Bertz CT molecular complexity index is 587. The van der Waals surface area contributed by atoms with Crippen molar-refractivity contribution in [3.63, 3.8) is 0 Å². The number of fused-ring (bicyclic) bond motifs is 1. The Labute approximate surface area is 103 Å². The van der Waals surface area contributed by atoms with Crippen LogP contribution in [0, 0.1) is 0 Å². The topological polar surface area (TPSA) is 76.7 Å². The molecule has 6 heteroatoms. The van der Waals surface area contributed by atoms with Crippen molar-refractivity contribution >= 4 is 11.6 Å². The van der Waals surface area contributed by atoms with Gasteiger partial charge in [0.25, 0.3) is 0 Å². The van der Waals surface area contributed by atoms with Gasteiger partial charge in [-0.1, -0.05) is 0 Å². The molecule has 0 amide bonds. The van der Waals surface area contributed by atoms with Crippen molar-refractivity contribution in [2.75, 3.05) is 6.61 Å². The van der Waals surface area contributed by atoms with E-state index in [1.54, 1.807) is 16.7 Å². The number of ether oxygens (including phenoxy) is 1. The predicted molar refractivity (Wildman–Crippen MR) is 62.5 cm³/mol. The summed E-state index contributed by atoms with van der Waals surface area (Å²) in [4.78, 5) is 11.0. The first-order valence-corrected chi connectivity index (χ1v) is 5.95. The normalized spacial score (nSPS) is 20.1. The summed E-state index contributed by atoms with van der Waals surface area (Å²) in [6, 6.07) is 3.18. The van der Waals surface area contributed by atoms with Crippen LogP contribution in [0.5, 0.6) is 0 Å². The molecule has 1 atom stereocenters.